The third-order valence-electron chi connectivity index (χ3n) is 15.5. The second kappa shape index (κ2) is 67.6. The first-order valence-electron chi connectivity index (χ1n) is 34.8. The smallest absolute Gasteiger partial charge is 0.306 e. The van der Waals surface area contributed by atoms with Crippen LogP contribution in [0.15, 0.2) is 60.8 Å². The van der Waals surface area contributed by atoms with Crippen molar-refractivity contribution < 1.29 is 28.6 Å². The van der Waals surface area contributed by atoms with Crippen molar-refractivity contribution in [1.82, 2.24) is 0 Å². The van der Waals surface area contributed by atoms with Crippen LogP contribution in [-0.4, -0.2) is 37.2 Å². The third-order valence-corrected chi connectivity index (χ3v) is 15.5. The van der Waals surface area contributed by atoms with Gasteiger partial charge in [-0.1, -0.05) is 326 Å². The number of hydrogen-bond acceptors (Lipinski definition) is 6. The summed E-state index contributed by atoms with van der Waals surface area (Å²) in [5.74, 6) is -0.913. The summed E-state index contributed by atoms with van der Waals surface area (Å²) < 4.78 is 16.9. The van der Waals surface area contributed by atoms with Gasteiger partial charge in [0.05, 0.1) is 0 Å². The van der Waals surface area contributed by atoms with Crippen LogP contribution in [0.2, 0.25) is 0 Å². The molecule has 0 saturated carbocycles. The Bertz CT molecular complexity index is 1410. The SMILES string of the molecule is CC/C=C\C/C=C\C/C=C\C/C=C\CCCCC(=O)OCC(COC(=O)CCCCCCCCCCCCCCCCCCCCCCCCCCCCCCC)OC(=O)CCCCCCCCC/C=C\CCCCCCCC. The van der Waals surface area contributed by atoms with Crippen molar-refractivity contribution in [3.63, 3.8) is 0 Å². The second-order valence-corrected chi connectivity index (χ2v) is 23.4. The van der Waals surface area contributed by atoms with Gasteiger partial charge in [0.2, 0.25) is 0 Å². The summed E-state index contributed by atoms with van der Waals surface area (Å²) in [7, 11) is 0. The maximum Gasteiger partial charge on any atom is 0.306 e. The maximum absolute atomic E-state index is 12.9. The summed E-state index contributed by atoms with van der Waals surface area (Å²) in [6.07, 6.45) is 86.9. The van der Waals surface area contributed by atoms with E-state index in [-0.39, 0.29) is 31.1 Å². The van der Waals surface area contributed by atoms with E-state index in [9.17, 15) is 14.4 Å². The Morgan fingerprint density at radius 2 is 0.494 bits per heavy atom. The molecule has 0 spiro atoms. The highest BCUT2D eigenvalue weighted by atomic mass is 16.6. The predicted molar refractivity (Wildman–Crippen MR) is 344 cm³/mol. The van der Waals surface area contributed by atoms with Crippen molar-refractivity contribution in [3.8, 4) is 0 Å². The fourth-order valence-electron chi connectivity index (χ4n) is 10.3. The molecule has 0 aromatic carbocycles. The first kappa shape index (κ1) is 76.1. The fraction of sp³-hybridized carbons (Fsp3) is 0.822. The molecule has 6 heteroatoms. The zero-order valence-corrected chi connectivity index (χ0v) is 52.9. The lowest BCUT2D eigenvalue weighted by Crippen LogP contribution is -2.30. The van der Waals surface area contributed by atoms with Crippen LogP contribution < -0.4 is 0 Å². The highest BCUT2D eigenvalue weighted by Gasteiger charge is 2.19. The average Bonchev–Trinajstić information content (AvgIpc) is 3.45. The normalized spacial score (nSPS) is 12.4. The van der Waals surface area contributed by atoms with Gasteiger partial charge in [-0.3, -0.25) is 14.4 Å². The molecule has 0 aliphatic carbocycles. The van der Waals surface area contributed by atoms with E-state index in [4.69, 9.17) is 14.2 Å². The van der Waals surface area contributed by atoms with Crippen LogP contribution >= 0.6 is 0 Å². The number of esters is 3. The Hall–Kier alpha value is -2.89. The van der Waals surface area contributed by atoms with E-state index in [1.165, 1.54) is 244 Å². The molecule has 1 atom stereocenters. The Labute approximate surface area is 491 Å². The third kappa shape index (κ3) is 65.8. The van der Waals surface area contributed by atoms with Gasteiger partial charge in [0, 0.05) is 19.3 Å². The molecule has 6 nitrogen and oxygen atoms in total. The Morgan fingerprint density at radius 3 is 0.810 bits per heavy atom. The van der Waals surface area contributed by atoms with E-state index in [1.54, 1.807) is 0 Å². The molecule has 0 aliphatic rings. The lowest BCUT2D eigenvalue weighted by Gasteiger charge is -2.18. The van der Waals surface area contributed by atoms with Crippen molar-refractivity contribution in [2.45, 2.75) is 374 Å². The predicted octanol–water partition coefficient (Wildman–Crippen LogP) is 23.9. The summed E-state index contributed by atoms with van der Waals surface area (Å²) in [4.78, 5) is 38.4. The topological polar surface area (TPSA) is 78.9 Å². The number of carbonyl (C=O) groups excluding carboxylic acids is 3. The van der Waals surface area contributed by atoms with Crippen molar-refractivity contribution in [3.05, 3.63) is 60.8 Å². The van der Waals surface area contributed by atoms with Gasteiger partial charge in [0.15, 0.2) is 6.10 Å². The highest BCUT2D eigenvalue weighted by molar-refractivity contribution is 5.71. The molecule has 1 unspecified atom stereocenters. The van der Waals surface area contributed by atoms with Crippen molar-refractivity contribution >= 4 is 17.9 Å². The van der Waals surface area contributed by atoms with E-state index in [1.807, 2.05) is 0 Å². The molecular formula is C73H132O6. The van der Waals surface area contributed by atoms with E-state index < -0.39 is 6.10 Å². The van der Waals surface area contributed by atoms with Gasteiger partial charge in [-0.2, -0.15) is 0 Å². The van der Waals surface area contributed by atoms with Crippen LogP contribution in [0.1, 0.15) is 367 Å². The highest BCUT2D eigenvalue weighted by Crippen LogP contribution is 2.18. The van der Waals surface area contributed by atoms with Crippen LogP contribution in [-0.2, 0) is 28.6 Å². The molecule has 0 aliphatic heterocycles. The second-order valence-electron chi connectivity index (χ2n) is 23.4. The zero-order chi connectivity index (χ0) is 57.1. The van der Waals surface area contributed by atoms with Crippen molar-refractivity contribution in [2.75, 3.05) is 13.2 Å². The van der Waals surface area contributed by atoms with Crippen molar-refractivity contribution in [2.24, 2.45) is 0 Å². The standard InChI is InChI=1S/C73H132O6/c1-4-7-10-13-16-19-22-25-28-30-31-32-33-34-35-36-37-38-39-40-41-43-45-48-51-54-57-60-63-66-72(75)78-69-70(68-77-71(74)65-62-59-56-53-50-47-44-27-24-21-18-15-12-9-6-3)79-73(76)67-64-61-58-55-52-49-46-42-29-26-23-20-17-14-11-8-5-2/h9,12,18,21,26-27,29,44,50,53,70H,4-8,10-11,13-17,19-20,22-25,28,30-43,45-49,51-52,54-69H2,1-3H3/b12-9-,21-18-,29-26-,44-27-,53-50-. The molecular weight excluding hydrogens is 973 g/mol. The molecule has 0 amide bonds. The first-order chi connectivity index (χ1) is 39.0. The monoisotopic (exact) mass is 1110 g/mol. The van der Waals surface area contributed by atoms with Gasteiger partial charge in [-0.05, 0) is 83.5 Å². The van der Waals surface area contributed by atoms with Gasteiger partial charge in [-0.15, -0.1) is 0 Å². The van der Waals surface area contributed by atoms with Crippen LogP contribution in [0.3, 0.4) is 0 Å². The van der Waals surface area contributed by atoms with Crippen LogP contribution in [0, 0.1) is 0 Å². The number of carbonyl (C=O) groups is 3. The lowest BCUT2D eigenvalue weighted by atomic mass is 10.0. The van der Waals surface area contributed by atoms with E-state index in [0.29, 0.717) is 19.3 Å². The number of hydrogen-bond donors (Lipinski definition) is 0. The largest absolute Gasteiger partial charge is 0.462 e. The summed E-state index contributed by atoms with van der Waals surface area (Å²) in [5, 5.41) is 0. The zero-order valence-electron chi connectivity index (χ0n) is 52.9. The maximum atomic E-state index is 12.9. The molecule has 0 bridgehead atoms. The lowest BCUT2D eigenvalue weighted by molar-refractivity contribution is -0.167. The summed E-state index contributed by atoms with van der Waals surface area (Å²) >= 11 is 0. The van der Waals surface area contributed by atoms with Gasteiger partial charge in [0.1, 0.15) is 13.2 Å². The Balaban J connectivity index is 4.23. The van der Waals surface area contributed by atoms with E-state index in [2.05, 4.69) is 81.5 Å². The first-order valence-corrected chi connectivity index (χ1v) is 34.8. The minimum atomic E-state index is -0.793. The van der Waals surface area contributed by atoms with Gasteiger partial charge in [-0.25, -0.2) is 0 Å². The molecule has 0 rings (SSSR count). The van der Waals surface area contributed by atoms with Crippen LogP contribution in [0.5, 0.6) is 0 Å². The minimum absolute atomic E-state index is 0.0858. The van der Waals surface area contributed by atoms with Gasteiger partial charge in [0.25, 0.3) is 0 Å². The molecule has 0 saturated heterocycles. The van der Waals surface area contributed by atoms with Gasteiger partial charge >= 0.3 is 17.9 Å². The molecule has 0 N–H and O–H groups in total. The van der Waals surface area contributed by atoms with E-state index >= 15 is 0 Å². The van der Waals surface area contributed by atoms with Gasteiger partial charge < -0.3 is 14.2 Å². The summed E-state index contributed by atoms with van der Waals surface area (Å²) in [6.45, 7) is 6.54. The molecule has 0 radical (unpaired) electrons. The summed E-state index contributed by atoms with van der Waals surface area (Å²) in [6, 6.07) is 0. The quantitative estimate of drug-likeness (QED) is 0.0261. The van der Waals surface area contributed by atoms with Crippen LogP contribution in [0.4, 0.5) is 0 Å². The van der Waals surface area contributed by atoms with E-state index in [0.717, 1.165) is 83.5 Å². The van der Waals surface area contributed by atoms with Crippen LogP contribution in [0.25, 0.3) is 0 Å². The molecule has 0 aromatic heterocycles. The fourth-order valence-corrected chi connectivity index (χ4v) is 10.3. The molecule has 0 fully saturated rings. The number of ether oxygens (including phenoxy) is 3. The molecule has 79 heavy (non-hydrogen) atoms. The average molecular weight is 1110 g/mol. The summed E-state index contributed by atoms with van der Waals surface area (Å²) in [5.41, 5.74) is 0. The molecule has 460 valence electrons. The Kier molecular flexibility index (Phi) is 65.1. The number of rotatable bonds is 64. The molecule has 0 aromatic rings. The minimum Gasteiger partial charge on any atom is -0.462 e. The van der Waals surface area contributed by atoms with Crippen molar-refractivity contribution in [1.29, 1.82) is 0 Å². The molecule has 0 heterocycles. The Morgan fingerprint density at radius 1 is 0.266 bits per heavy atom. The number of unbranched alkanes of at least 4 members (excludes halogenated alkanes) is 43. The number of allylic oxidation sites excluding steroid dienone is 10.